The van der Waals surface area contributed by atoms with E-state index in [1.165, 1.54) is 30.3 Å². The molecule has 24 heavy (non-hydrogen) atoms. The maximum absolute atomic E-state index is 11.7. The molecule has 0 aliphatic rings. The highest BCUT2D eigenvalue weighted by Crippen LogP contribution is 2.13. The Bertz CT molecular complexity index is 786. The Hall–Kier alpha value is -3.40. The van der Waals surface area contributed by atoms with Gasteiger partial charge in [-0.05, 0) is 30.3 Å². The number of carbonyl (C=O) groups excluding carboxylic acids is 2. The van der Waals surface area contributed by atoms with Gasteiger partial charge in [-0.3, -0.25) is 20.3 Å². The second-order valence-corrected chi connectivity index (χ2v) is 4.65. The van der Waals surface area contributed by atoms with Crippen molar-refractivity contribution in [2.75, 3.05) is 0 Å². The third kappa shape index (κ3) is 4.81. The molecule has 0 saturated heterocycles. The van der Waals surface area contributed by atoms with E-state index in [2.05, 4.69) is 16.0 Å². The number of nitro groups is 1. The summed E-state index contributed by atoms with van der Waals surface area (Å²) in [4.78, 5) is 32.9. The second-order valence-electron chi connectivity index (χ2n) is 4.22. The molecular formula is C13H10ClN5O5. The number of halogens is 1. The van der Waals surface area contributed by atoms with Crippen LogP contribution >= 0.6 is 11.6 Å². The molecule has 11 heteroatoms. The van der Waals surface area contributed by atoms with Gasteiger partial charge in [0, 0.05) is 10.6 Å². The lowest BCUT2D eigenvalue weighted by molar-refractivity contribution is -0.402. The van der Waals surface area contributed by atoms with Crippen molar-refractivity contribution in [3.05, 3.63) is 62.9 Å². The van der Waals surface area contributed by atoms with Gasteiger partial charge in [0.2, 0.25) is 0 Å². The van der Waals surface area contributed by atoms with E-state index in [1.54, 1.807) is 0 Å². The van der Waals surface area contributed by atoms with Crippen molar-refractivity contribution in [3.63, 3.8) is 0 Å². The first-order chi connectivity index (χ1) is 11.5. The van der Waals surface area contributed by atoms with Crippen molar-refractivity contribution < 1.29 is 18.9 Å². The van der Waals surface area contributed by atoms with Crippen LogP contribution in [-0.2, 0) is 0 Å². The molecule has 3 N–H and O–H groups in total. The van der Waals surface area contributed by atoms with Crippen molar-refractivity contribution in [3.8, 4) is 0 Å². The molecule has 2 aromatic rings. The standard InChI is InChI=1S/C13H10ClN5O5/c14-9-3-1-8(2-4-9)12(20)16-18-13(21)17-15-7-10-5-6-11(24-10)19(22)23/h1-7H,(H,16,20)(H2,17,18,21)/b15-7+. The summed E-state index contributed by atoms with van der Waals surface area (Å²) in [5, 5.41) is 14.4. The minimum absolute atomic E-state index is 0.0761. The molecule has 1 aromatic carbocycles. The van der Waals surface area contributed by atoms with Gasteiger partial charge < -0.3 is 4.42 Å². The first kappa shape index (κ1) is 17.0. The van der Waals surface area contributed by atoms with Crippen LogP contribution in [0.4, 0.5) is 10.7 Å². The Balaban J connectivity index is 1.78. The number of hydrazine groups is 1. The second kappa shape index (κ2) is 7.74. The number of benzene rings is 1. The number of rotatable bonds is 4. The molecule has 0 saturated carbocycles. The van der Waals surface area contributed by atoms with Gasteiger partial charge in [0.1, 0.15) is 4.92 Å². The van der Waals surface area contributed by atoms with Gasteiger partial charge in [-0.2, -0.15) is 5.10 Å². The number of hydrazone groups is 1. The summed E-state index contributed by atoms with van der Waals surface area (Å²) >= 11 is 5.70. The molecule has 2 rings (SSSR count). The van der Waals surface area contributed by atoms with Crippen LogP contribution < -0.4 is 16.3 Å². The number of amides is 3. The number of nitrogens with one attached hydrogen (secondary N) is 3. The first-order valence-corrected chi connectivity index (χ1v) is 6.72. The SMILES string of the molecule is O=C(N/N=C/c1ccc([N+](=O)[O-])o1)NNC(=O)c1ccc(Cl)cc1. The van der Waals surface area contributed by atoms with Crippen molar-refractivity contribution in [2.45, 2.75) is 0 Å². The van der Waals surface area contributed by atoms with E-state index in [-0.39, 0.29) is 5.76 Å². The lowest BCUT2D eigenvalue weighted by atomic mass is 10.2. The van der Waals surface area contributed by atoms with E-state index < -0.39 is 22.7 Å². The van der Waals surface area contributed by atoms with Crippen molar-refractivity contribution in [2.24, 2.45) is 5.10 Å². The number of hydrogen-bond donors (Lipinski definition) is 3. The highest BCUT2D eigenvalue weighted by molar-refractivity contribution is 6.30. The van der Waals surface area contributed by atoms with E-state index >= 15 is 0 Å². The number of hydrogen-bond acceptors (Lipinski definition) is 6. The smallest absolute Gasteiger partial charge is 0.400 e. The third-order valence-corrected chi connectivity index (χ3v) is 2.80. The summed E-state index contributed by atoms with van der Waals surface area (Å²) in [6.45, 7) is 0. The Morgan fingerprint density at radius 2 is 1.88 bits per heavy atom. The molecule has 0 radical (unpaired) electrons. The molecule has 1 heterocycles. The van der Waals surface area contributed by atoms with Crippen LogP contribution in [0, 0.1) is 10.1 Å². The molecule has 124 valence electrons. The normalized spacial score (nSPS) is 10.4. The Morgan fingerprint density at radius 3 is 2.50 bits per heavy atom. The van der Waals surface area contributed by atoms with Gasteiger partial charge in [0.05, 0.1) is 12.3 Å². The van der Waals surface area contributed by atoms with E-state index in [9.17, 15) is 19.7 Å². The summed E-state index contributed by atoms with van der Waals surface area (Å²) in [5.74, 6) is -0.921. The van der Waals surface area contributed by atoms with Crippen LogP contribution in [0.25, 0.3) is 0 Å². The zero-order chi connectivity index (χ0) is 17.5. The number of nitrogens with zero attached hydrogens (tertiary/aromatic N) is 2. The third-order valence-electron chi connectivity index (χ3n) is 2.55. The number of carbonyl (C=O) groups is 2. The summed E-state index contributed by atoms with van der Waals surface area (Å²) in [6, 6.07) is 7.66. The molecule has 10 nitrogen and oxygen atoms in total. The van der Waals surface area contributed by atoms with Crippen LogP contribution in [-0.4, -0.2) is 23.1 Å². The van der Waals surface area contributed by atoms with Gasteiger partial charge in [-0.15, -0.1) is 0 Å². The summed E-state index contributed by atoms with van der Waals surface area (Å²) < 4.78 is 4.79. The summed E-state index contributed by atoms with van der Waals surface area (Å²) in [5.41, 5.74) is 6.56. The zero-order valence-corrected chi connectivity index (χ0v) is 12.6. The van der Waals surface area contributed by atoms with Crippen LogP contribution in [0.5, 0.6) is 0 Å². The molecule has 3 amide bonds. The van der Waals surface area contributed by atoms with E-state index in [0.717, 1.165) is 12.3 Å². The average Bonchev–Trinajstić information content (AvgIpc) is 3.02. The molecule has 0 spiro atoms. The summed E-state index contributed by atoms with van der Waals surface area (Å²) in [7, 11) is 0. The van der Waals surface area contributed by atoms with Crippen molar-refractivity contribution in [1.29, 1.82) is 0 Å². The first-order valence-electron chi connectivity index (χ1n) is 6.35. The fourth-order valence-corrected chi connectivity index (χ4v) is 1.61. The van der Waals surface area contributed by atoms with E-state index in [0.29, 0.717) is 10.6 Å². The highest BCUT2D eigenvalue weighted by Gasteiger charge is 2.10. The minimum atomic E-state index is -0.824. The quantitative estimate of drug-likeness (QED) is 0.438. The molecule has 0 bridgehead atoms. The Kier molecular flexibility index (Phi) is 5.47. The lowest BCUT2D eigenvalue weighted by Crippen LogP contribution is -2.45. The molecule has 0 atom stereocenters. The molecule has 1 aromatic heterocycles. The molecule has 0 unspecified atom stereocenters. The fourth-order valence-electron chi connectivity index (χ4n) is 1.48. The number of furan rings is 1. The van der Waals surface area contributed by atoms with Crippen LogP contribution in [0.15, 0.2) is 45.9 Å². The Labute approximate surface area is 139 Å². The van der Waals surface area contributed by atoms with E-state index in [1.807, 2.05) is 5.43 Å². The molecule has 0 fully saturated rings. The lowest BCUT2D eigenvalue weighted by Gasteiger charge is -2.06. The van der Waals surface area contributed by atoms with E-state index in [4.69, 9.17) is 16.0 Å². The highest BCUT2D eigenvalue weighted by atomic mass is 35.5. The van der Waals surface area contributed by atoms with Crippen LogP contribution in [0.3, 0.4) is 0 Å². The maximum atomic E-state index is 11.7. The van der Waals surface area contributed by atoms with Crippen LogP contribution in [0.1, 0.15) is 16.1 Å². The fraction of sp³-hybridized carbons (Fsp3) is 0. The van der Waals surface area contributed by atoms with Gasteiger partial charge in [-0.25, -0.2) is 15.6 Å². The minimum Gasteiger partial charge on any atom is -0.400 e. The molecule has 0 aliphatic carbocycles. The largest absolute Gasteiger partial charge is 0.433 e. The molecular weight excluding hydrogens is 342 g/mol. The molecule has 0 aliphatic heterocycles. The van der Waals surface area contributed by atoms with Gasteiger partial charge >= 0.3 is 11.9 Å². The monoisotopic (exact) mass is 351 g/mol. The van der Waals surface area contributed by atoms with Gasteiger partial charge in [0.25, 0.3) is 5.91 Å². The summed E-state index contributed by atoms with van der Waals surface area (Å²) in [6.07, 6.45) is 1.06. The Morgan fingerprint density at radius 1 is 1.17 bits per heavy atom. The van der Waals surface area contributed by atoms with Crippen molar-refractivity contribution >= 4 is 35.6 Å². The average molecular weight is 352 g/mol. The maximum Gasteiger partial charge on any atom is 0.433 e. The van der Waals surface area contributed by atoms with Crippen LogP contribution in [0.2, 0.25) is 5.02 Å². The van der Waals surface area contributed by atoms with Gasteiger partial charge in [0.15, 0.2) is 5.76 Å². The van der Waals surface area contributed by atoms with Gasteiger partial charge in [-0.1, -0.05) is 11.6 Å². The number of urea groups is 1. The van der Waals surface area contributed by atoms with Crippen molar-refractivity contribution in [1.82, 2.24) is 16.3 Å². The predicted molar refractivity (Wildman–Crippen MR) is 83.5 cm³/mol. The zero-order valence-electron chi connectivity index (χ0n) is 11.9. The topological polar surface area (TPSA) is 139 Å². The predicted octanol–water partition coefficient (Wildman–Crippen LogP) is 1.82.